The Labute approximate surface area is 175 Å². The maximum atomic E-state index is 12.0. The number of carbonyl (C=O) groups excluding carboxylic acids is 1. The summed E-state index contributed by atoms with van der Waals surface area (Å²) in [6.45, 7) is 4.37. The lowest BCUT2D eigenvalue weighted by Gasteiger charge is -2.03. The molecule has 0 amide bonds. The van der Waals surface area contributed by atoms with Crippen LogP contribution in [0.25, 0.3) is 0 Å². The van der Waals surface area contributed by atoms with Crippen LogP contribution in [-0.4, -0.2) is 5.78 Å². The number of rotatable bonds is 18. The zero-order valence-electron chi connectivity index (χ0n) is 18.7. The maximum absolute atomic E-state index is 12.0. The number of hydrogen-bond acceptors (Lipinski definition) is 1. The minimum Gasteiger partial charge on any atom is -0.300 e. The van der Waals surface area contributed by atoms with Crippen LogP contribution in [0.15, 0.2) is 36.4 Å². The molecule has 0 spiro atoms. The Kier molecular flexibility index (Phi) is 15.6. The van der Waals surface area contributed by atoms with Crippen LogP contribution in [-0.2, 0) is 11.2 Å². The molecule has 1 aromatic rings. The number of benzene rings is 1. The van der Waals surface area contributed by atoms with Gasteiger partial charge >= 0.3 is 0 Å². The number of carbonyl (C=O) groups is 1. The molecule has 0 aliphatic rings. The van der Waals surface area contributed by atoms with Gasteiger partial charge in [0.05, 0.1) is 0 Å². The lowest BCUT2D eigenvalue weighted by atomic mass is 10.0. The van der Waals surface area contributed by atoms with Crippen molar-refractivity contribution in [3.63, 3.8) is 0 Å². The molecule has 0 bridgehead atoms. The quantitative estimate of drug-likeness (QED) is 0.183. The maximum Gasteiger partial charge on any atom is 0.133 e. The SMILES string of the molecule is CCCCCCCC/C=C\CCCCCCCC(=O)CCc1ccc(C)cc1. The van der Waals surface area contributed by atoms with Gasteiger partial charge in [0.15, 0.2) is 0 Å². The molecule has 28 heavy (non-hydrogen) atoms. The van der Waals surface area contributed by atoms with Crippen molar-refractivity contribution >= 4 is 5.78 Å². The van der Waals surface area contributed by atoms with E-state index in [1.54, 1.807) is 0 Å². The van der Waals surface area contributed by atoms with Crippen molar-refractivity contribution in [2.45, 2.75) is 117 Å². The van der Waals surface area contributed by atoms with Crippen molar-refractivity contribution in [3.05, 3.63) is 47.5 Å². The van der Waals surface area contributed by atoms with Crippen molar-refractivity contribution in [3.8, 4) is 0 Å². The molecule has 1 nitrogen and oxygen atoms in total. The second kappa shape index (κ2) is 17.7. The fraction of sp³-hybridized carbons (Fsp3) is 0.667. The fourth-order valence-electron chi connectivity index (χ4n) is 3.56. The van der Waals surface area contributed by atoms with E-state index < -0.39 is 0 Å². The molecule has 0 saturated heterocycles. The van der Waals surface area contributed by atoms with Crippen LogP contribution in [0, 0.1) is 6.92 Å². The van der Waals surface area contributed by atoms with Crippen molar-refractivity contribution in [2.75, 3.05) is 0 Å². The molecule has 0 fully saturated rings. The van der Waals surface area contributed by atoms with E-state index in [1.807, 2.05) is 0 Å². The van der Waals surface area contributed by atoms with E-state index in [4.69, 9.17) is 0 Å². The van der Waals surface area contributed by atoms with E-state index in [0.29, 0.717) is 12.2 Å². The minimum atomic E-state index is 0.429. The van der Waals surface area contributed by atoms with E-state index in [1.165, 1.54) is 88.2 Å². The van der Waals surface area contributed by atoms with Crippen LogP contribution in [0.4, 0.5) is 0 Å². The average Bonchev–Trinajstić information content (AvgIpc) is 2.70. The van der Waals surface area contributed by atoms with Gasteiger partial charge in [-0.25, -0.2) is 0 Å². The van der Waals surface area contributed by atoms with Crippen molar-refractivity contribution in [1.29, 1.82) is 0 Å². The van der Waals surface area contributed by atoms with Crippen LogP contribution >= 0.6 is 0 Å². The molecule has 0 heterocycles. The molecule has 0 aliphatic heterocycles. The summed E-state index contributed by atoms with van der Waals surface area (Å²) in [5.74, 6) is 0.429. The predicted octanol–water partition coefficient (Wildman–Crippen LogP) is 8.53. The molecule has 0 aliphatic carbocycles. The van der Waals surface area contributed by atoms with Crippen LogP contribution in [0.3, 0.4) is 0 Å². The second-order valence-electron chi connectivity index (χ2n) is 8.36. The number of unbranched alkanes of at least 4 members (excludes halogenated alkanes) is 11. The second-order valence-corrected chi connectivity index (χ2v) is 8.36. The normalized spacial score (nSPS) is 11.4. The van der Waals surface area contributed by atoms with E-state index >= 15 is 0 Å². The number of allylic oxidation sites excluding steroid dienone is 2. The highest BCUT2D eigenvalue weighted by molar-refractivity contribution is 5.78. The third kappa shape index (κ3) is 14.7. The third-order valence-corrected chi connectivity index (χ3v) is 5.53. The van der Waals surface area contributed by atoms with Crippen LogP contribution < -0.4 is 0 Å². The Morgan fingerprint density at radius 3 is 1.86 bits per heavy atom. The summed E-state index contributed by atoms with van der Waals surface area (Å²) in [4.78, 5) is 12.0. The Morgan fingerprint density at radius 2 is 1.25 bits per heavy atom. The monoisotopic (exact) mass is 384 g/mol. The van der Waals surface area contributed by atoms with E-state index in [-0.39, 0.29) is 0 Å². The van der Waals surface area contributed by atoms with Gasteiger partial charge in [0.1, 0.15) is 5.78 Å². The lowest BCUT2D eigenvalue weighted by molar-refractivity contribution is -0.119. The number of hydrogen-bond donors (Lipinski definition) is 0. The molecule has 0 radical (unpaired) electrons. The predicted molar refractivity (Wildman–Crippen MR) is 124 cm³/mol. The first-order valence-corrected chi connectivity index (χ1v) is 11.9. The van der Waals surface area contributed by atoms with Gasteiger partial charge in [-0.15, -0.1) is 0 Å². The Hall–Kier alpha value is -1.37. The summed E-state index contributed by atoms with van der Waals surface area (Å²) >= 11 is 0. The standard InChI is InChI=1S/C27H44O/c1-3-4-5-6-7-8-9-10-11-12-13-14-15-16-17-18-27(28)24-23-26-21-19-25(2)20-22-26/h10-11,19-22H,3-9,12-18,23-24H2,1-2H3/b11-10-. The first kappa shape index (κ1) is 24.7. The molecule has 158 valence electrons. The Balaban J connectivity index is 1.85. The summed E-state index contributed by atoms with van der Waals surface area (Å²) in [6, 6.07) is 8.54. The smallest absolute Gasteiger partial charge is 0.133 e. The van der Waals surface area contributed by atoms with Gasteiger partial charge < -0.3 is 0 Å². The summed E-state index contributed by atoms with van der Waals surface area (Å²) in [5, 5.41) is 0. The molecular weight excluding hydrogens is 340 g/mol. The van der Waals surface area contributed by atoms with Gasteiger partial charge in [0.2, 0.25) is 0 Å². The average molecular weight is 385 g/mol. The summed E-state index contributed by atoms with van der Waals surface area (Å²) in [5.41, 5.74) is 2.56. The van der Waals surface area contributed by atoms with E-state index in [9.17, 15) is 4.79 Å². The largest absolute Gasteiger partial charge is 0.300 e. The highest BCUT2D eigenvalue weighted by atomic mass is 16.1. The highest BCUT2D eigenvalue weighted by Gasteiger charge is 2.03. The van der Waals surface area contributed by atoms with Crippen LogP contribution in [0.2, 0.25) is 0 Å². The number of aryl methyl sites for hydroxylation is 2. The molecule has 0 unspecified atom stereocenters. The zero-order valence-corrected chi connectivity index (χ0v) is 18.7. The first-order chi connectivity index (χ1) is 13.7. The van der Waals surface area contributed by atoms with Crippen molar-refractivity contribution < 1.29 is 4.79 Å². The minimum absolute atomic E-state index is 0.429. The molecule has 0 saturated carbocycles. The van der Waals surface area contributed by atoms with Gasteiger partial charge in [-0.2, -0.15) is 0 Å². The Morgan fingerprint density at radius 1 is 0.714 bits per heavy atom. The first-order valence-electron chi connectivity index (χ1n) is 11.9. The fourth-order valence-corrected chi connectivity index (χ4v) is 3.56. The molecule has 0 atom stereocenters. The summed E-state index contributed by atoms with van der Waals surface area (Å²) in [7, 11) is 0. The lowest BCUT2D eigenvalue weighted by Crippen LogP contribution is -2.00. The van der Waals surface area contributed by atoms with Crippen molar-refractivity contribution in [2.24, 2.45) is 0 Å². The highest BCUT2D eigenvalue weighted by Crippen LogP contribution is 2.12. The molecule has 1 rings (SSSR count). The van der Waals surface area contributed by atoms with Crippen LogP contribution in [0.1, 0.15) is 114 Å². The number of Topliss-reactive ketones (excluding diaryl/α,β-unsaturated/α-hetero) is 1. The topological polar surface area (TPSA) is 17.1 Å². The molecular formula is C27H44O. The molecule has 1 heteroatoms. The summed E-state index contributed by atoms with van der Waals surface area (Å²) in [6.07, 6.45) is 24.1. The van der Waals surface area contributed by atoms with E-state index in [0.717, 1.165) is 19.3 Å². The van der Waals surface area contributed by atoms with Gasteiger partial charge in [-0.3, -0.25) is 4.79 Å². The third-order valence-electron chi connectivity index (χ3n) is 5.53. The zero-order chi connectivity index (χ0) is 20.3. The number of ketones is 1. The van der Waals surface area contributed by atoms with Crippen LogP contribution in [0.5, 0.6) is 0 Å². The van der Waals surface area contributed by atoms with Gasteiger partial charge in [0.25, 0.3) is 0 Å². The summed E-state index contributed by atoms with van der Waals surface area (Å²) < 4.78 is 0. The van der Waals surface area contributed by atoms with Crippen molar-refractivity contribution in [1.82, 2.24) is 0 Å². The van der Waals surface area contributed by atoms with E-state index in [2.05, 4.69) is 50.3 Å². The van der Waals surface area contributed by atoms with Gasteiger partial charge in [0, 0.05) is 12.8 Å². The molecule has 1 aromatic carbocycles. The molecule has 0 N–H and O–H groups in total. The van der Waals surface area contributed by atoms with Gasteiger partial charge in [-0.05, 0) is 51.0 Å². The molecule has 0 aromatic heterocycles. The Bertz CT molecular complexity index is 512. The van der Waals surface area contributed by atoms with Gasteiger partial charge in [-0.1, -0.05) is 100 Å².